The lowest BCUT2D eigenvalue weighted by atomic mass is 9.47. The summed E-state index contributed by atoms with van der Waals surface area (Å²) < 4.78 is 10.9. The van der Waals surface area contributed by atoms with Crippen molar-refractivity contribution in [2.75, 3.05) is 13.2 Å². The maximum absolute atomic E-state index is 13.5. The van der Waals surface area contributed by atoms with Crippen LogP contribution >= 0.6 is 0 Å². The molecule has 5 atom stereocenters. The van der Waals surface area contributed by atoms with Gasteiger partial charge in [0.15, 0.2) is 0 Å². The lowest BCUT2D eigenvalue weighted by Crippen LogP contribution is -2.60. The number of ketones is 2. The normalized spacial score (nSPS) is 33.7. The van der Waals surface area contributed by atoms with Crippen LogP contribution in [0.3, 0.4) is 0 Å². The fourth-order valence-electron chi connectivity index (χ4n) is 6.27. The van der Waals surface area contributed by atoms with E-state index in [0.29, 0.717) is 6.42 Å². The molecular weight excluding hydrogens is 400 g/mol. The minimum Gasteiger partial charge on any atom is -0.507 e. The van der Waals surface area contributed by atoms with Gasteiger partial charge in [0.2, 0.25) is 11.6 Å². The lowest BCUT2D eigenvalue weighted by Gasteiger charge is -2.58. The quantitative estimate of drug-likeness (QED) is 0.389. The zero-order valence-corrected chi connectivity index (χ0v) is 19.3. The average molecular weight is 435 g/mol. The Morgan fingerprint density at radius 3 is 2.42 bits per heavy atom. The van der Waals surface area contributed by atoms with E-state index in [1.54, 1.807) is 13.8 Å². The first-order valence-corrected chi connectivity index (χ1v) is 11.1. The first-order chi connectivity index (χ1) is 14.4. The Balaban J connectivity index is 2.24. The largest absolute Gasteiger partial charge is 0.507 e. The molecule has 0 aromatic heterocycles. The van der Waals surface area contributed by atoms with Crippen LogP contribution in [0.2, 0.25) is 0 Å². The molecule has 0 aromatic carbocycles. The molecule has 172 valence electrons. The summed E-state index contributed by atoms with van der Waals surface area (Å²) in [5, 5.41) is 22.7. The number of allylic oxidation sites excluding steroid dienone is 1. The predicted molar refractivity (Wildman–Crippen MR) is 113 cm³/mol. The first kappa shape index (κ1) is 23.7. The topological polar surface area (TPSA) is 110 Å². The summed E-state index contributed by atoms with van der Waals surface area (Å²) in [4.78, 5) is 37.9. The van der Waals surface area contributed by atoms with E-state index in [9.17, 15) is 24.6 Å². The zero-order chi connectivity index (χ0) is 23.3. The van der Waals surface area contributed by atoms with Crippen molar-refractivity contribution in [2.45, 2.75) is 73.0 Å². The SMILES string of the molecule is CCO[C@H]1C2=C(C(=O)C(=O)C(C(C)COC(C)=O)=C2O)[C@@]2(C)CCCC(C)(C)[C@@H]2[C@@H]1O. The second-order valence-corrected chi connectivity index (χ2v) is 10.0. The fraction of sp³-hybridized carbons (Fsp3) is 0.708. The van der Waals surface area contributed by atoms with Crippen LogP contribution in [0.4, 0.5) is 0 Å². The van der Waals surface area contributed by atoms with Crippen LogP contribution in [-0.4, -0.2) is 53.2 Å². The van der Waals surface area contributed by atoms with Gasteiger partial charge >= 0.3 is 5.97 Å². The summed E-state index contributed by atoms with van der Waals surface area (Å²) >= 11 is 0. The van der Waals surface area contributed by atoms with E-state index in [-0.39, 0.29) is 47.0 Å². The molecule has 3 rings (SSSR count). The van der Waals surface area contributed by atoms with Gasteiger partial charge in [-0.1, -0.05) is 34.1 Å². The van der Waals surface area contributed by atoms with Crippen molar-refractivity contribution in [1.29, 1.82) is 0 Å². The molecule has 0 aromatic rings. The summed E-state index contributed by atoms with van der Waals surface area (Å²) in [7, 11) is 0. The molecule has 0 amide bonds. The van der Waals surface area contributed by atoms with Crippen LogP contribution in [0.5, 0.6) is 0 Å². The van der Waals surface area contributed by atoms with Gasteiger partial charge in [-0.15, -0.1) is 0 Å². The second kappa shape index (κ2) is 8.17. The van der Waals surface area contributed by atoms with Crippen molar-refractivity contribution in [2.24, 2.45) is 22.7 Å². The van der Waals surface area contributed by atoms with Gasteiger partial charge < -0.3 is 19.7 Å². The van der Waals surface area contributed by atoms with Crippen molar-refractivity contribution in [3.8, 4) is 0 Å². The molecule has 1 unspecified atom stereocenters. The molecule has 0 aliphatic heterocycles. The molecule has 7 nitrogen and oxygen atoms in total. The average Bonchev–Trinajstić information content (AvgIpc) is 2.65. The highest BCUT2D eigenvalue weighted by Crippen LogP contribution is 2.61. The molecule has 1 fully saturated rings. The minimum atomic E-state index is -0.938. The van der Waals surface area contributed by atoms with Crippen LogP contribution < -0.4 is 0 Å². The number of hydrogen-bond acceptors (Lipinski definition) is 7. The summed E-state index contributed by atoms with van der Waals surface area (Å²) in [6.07, 6.45) is 0.529. The van der Waals surface area contributed by atoms with Crippen LogP contribution in [0, 0.1) is 22.7 Å². The van der Waals surface area contributed by atoms with Crippen molar-refractivity contribution >= 4 is 17.5 Å². The number of aliphatic hydroxyl groups is 2. The van der Waals surface area contributed by atoms with Crippen molar-refractivity contribution in [1.82, 2.24) is 0 Å². The van der Waals surface area contributed by atoms with Gasteiger partial charge in [-0.3, -0.25) is 14.4 Å². The second-order valence-electron chi connectivity index (χ2n) is 10.0. The van der Waals surface area contributed by atoms with E-state index in [4.69, 9.17) is 9.47 Å². The minimum absolute atomic E-state index is 0.0842. The molecule has 0 spiro atoms. The Kier molecular flexibility index (Phi) is 6.24. The Bertz CT molecular complexity index is 865. The van der Waals surface area contributed by atoms with Crippen LogP contribution in [0.15, 0.2) is 22.5 Å². The zero-order valence-electron chi connectivity index (χ0n) is 19.3. The number of carbonyl (C=O) groups excluding carboxylic acids is 3. The number of carbonyl (C=O) groups is 3. The summed E-state index contributed by atoms with van der Waals surface area (Å²) in [6, 6.07) is 0. The van der Waals surface area contributed by atoms with Crippen molar-refractivity contribution in [3.05, 3.63) is 22.5 Å². The number of aliphatic hydroxyl groups excluding tert-OH is 2. The third kappa shape index (κ3) is 3.65. The van der Waals surface area contributed by atoms with Gasteiger partial charge in [0.25, 0.3) is 0 Å². The van der Waals surface area contributed by atoms with Gasteiger partial charge in [0.1, 0.15) is 11.9 Å². The van der Waals surface area contributed by atoms with Crippen LogP contribution in [-0.2, 0) is 23.9 Å². The standard InChI is InChI=1S/C24H34O7/c1-7-30-21-15-16(24(6)10-8-9-23(4,5)22(24)20(21)29)19(28)18(27)14(17(15)26)12(2)11-31-13(3)25/h12,20-22,26,29H,7-11H2,1-6H3/t12?,20-,21+,22+,24-/m1/s1. The molecule has 0 heterocycles. The molecule has 1 saturated carbocycles. The number of hydrogen-bond donors (Lipinski definition) is 2. The maximum atomic E-state index is 13.5. The third-order valence-corrected chi connectivity index (χ3v) is 7.39. The number of rotatable bonds is 5. The van der Waals surface area contributed by atoms with Gasteiger partial charge in [-0.05, 0) is 25.2 Å². The Morgan fingerprint density at radius 2 is 1.84 bits per heavy atom. The third-order valence-electron chi connectivity index (χ3n) is 7.39. The fourth-order valence-corrected chi connectivity index (χ4v) is 6.27. The highest BCUT2D eigenvalue weighted by molar-refractivity contribution is 6.50. The monoisotopic (exact) mass is 434 g/mol. The van der Waals surface area contributed by atoms with Gasteiger partial charge in [0.05, 0.1) is 18.3 Å². The molecule has 0 saturated heterocycles. The molecule has 3 aliphatic carbocycles. The van der Waals surface area contributed by atoms with Crippen LogP contribution in [0.1, 0.15) is 60.8 Å². The Labute approximate surface area is 183 Å². The van der Waals surface area contributed by atoms with Gasteiger partial charge in [0, 0.05) is 41.9 Å². The Hall–Kier alpha value is -1.99. The summed E-state index contributed by atoms with van der Waals surface area (Å²) in [5.41, 5.74) is -0.611. The molecule has 0 radical (unpaired) electrons. The molecule has 31 heavy (non-hydrogen) atoms. The summed E-state index contributed by atoms with van der Waals surface area (Å²) in [6.45, 7) is 10.9. The maximum Gasteiger partial charge on any atom is 0.302 e. The van der Waals surface area contributed by atoms with E-state index < -0.39 is 41.1 Å². The molecule has 2 N–H and O–H groups in total. The lowest BCUT2D eigenvalue weighted by molar-refractivity contribution is -0.146. The number of Topliss-reactive ketones (excluding diaryl/α,β-unsaturated/α-hetero) is 2. The Morgan fingerprint density at radius 1 is 1.19 bits per heavy atom. The molecular formula is C24H34O7. The highest BCUT2D eigenvalue weighted by Gasteiger charge is 2.61. The molecule has 3 aliphatic rings. The van der Waals surface area contributed by atoms with Crippen molar-refractivity contribution in [3.63, 3.8) is 0 Å². The number of fused-ring (bicyclic) bond motifs is 2. The van der Waals surface area contributed by atoms with Gasteiger partial charge in [-0.25, -0.2) is 0 Å². The predicted octanol–water partition coefficient (Wildman–Crippen LogP) is 3.06. The van der Waals surface area contributed by atoms with E-state index in [1.807, 2.05) is 6.92 Å². The van der Waals surface area contributed by atoms with Gasteiger partial charge in [-0.2, -0.15) is 0 Å². The van der Waals surface area contributed by atoms with Crippen molar-refractivity contribution < 1.29 is 34.1 Å². The summed E-state index contributed by atoms with van der Waals surface area (Å²) in [5.74, 6) is -3.23. The smallest absolute Gasteiger partial charge is 0.302 e. The van der Waals surface area contributed by atoms with E-state index in [2.05, 4.69) is 13.8 Å². The highest BCUT2D eigenvalue weighted by atomic mass is 16.5. The first-order valence-electron chi connectivity index (χ1n) is 11.1. The molecule has 0 bridgehead atoms. The number of esters is 1. The van der Waals surface area contributed by atoms with Crippen LogP contribution in [0.25, 0.3) is 0 Å². The molecule has 7 heteroatoms. The number of ether oxygens (including phenoxy) is 2. The van der Waals surface area contributed by atoms with E-state index >= 15 is 0 Å². The van der Waals surface area contributed by atoms with E-state index in [1.165, 1.54) is 6.92 Å². The van der Waals surface area contributed by atoms with E-state index in [0.717, 1.165) is 12.8 Å².